The minimum Gasteiger partial charge on any atom is -0.395 e. The molecule has 0 atom stereocenters. The molecule has 1 aliphatic rings. The van der Waals surface area contributed by atoms with E-state index in [9.17, 15) is 15.3 Å². The van der Waals surface area contributed by atoms with Crippen LogP contribution in [0.2, 0.25) is 0 Å². The van der Waals surface area contributed by atoms with E-state index in [4.69, 9.17) is 34.4 Å². The van der Waals surface area contributed by atoms with Gasteiger partial charge in [0.2, 0.25) is 0 Å². The summed E-state index contributed by atoms with van der Waals surface area (Å²) in [5.41, 5.74) is 36.3. The summed E-state index contributed by atoms with van der Waals surface area (Å²) in [6.07, 6.45) is 0. The van der Waals surface area contributed by atoms with Gasteiger partial charge in [-0.05, 0) is 0 Å². The predicted octanol–water partition coefficient (Wildman–Crippen LogP) is -6.53. The summed E-state index contributed by atoms with van der Waals surface area (Å²) in [7, 11) is 0. The molecule has 1 rings (SSSR count). The third-order valence-corrected chi connectivity index (χ3v) is 3.57. The summed E-state index contributed by atoms with van der Waals surface area (Å²) in [5, 5.41) is 27.5. The van der Waals surface area contributed by atoms with Crippen molar-refractivity contribution in [3.8, 4) is 0 Å². The average molecular weight is 309 g/mol. The van der Waals surface area contributed by atoms with Crippen molar-refractivity contribution in [3.05, 3.63) is 0 Å². The lowest BCUT2D eigenvalue weighted by molar-refractivity contribution is -0.309. The normalized spacial score (nSPS) is 26.1. The van der Waals surface area contributed by atoms with Gasteiger partial charge in [0.1, 0.15) is 0 Å². The SMILES string of the molecule is NC1(N)N(CCO)C(N)(N)N(CCO)C(N)(N)N1CCO. The molecule has 21 heavy (non-hydrogen) atoms. The summed E-state index contributed by atoms with van der Waals surface area (Å²) in [6.45, 7) is -1.18. The fourth-order valence-corrected chi connectivity index (χ4v) is 2.67. The highest BCUT2D eigenvalue weighted by atomic mass is 16.3. The Bertz CT molecular complexity index is 281. The van der Waals surface area contributed by atoms with E-state index in [1.165, 1.54) is 14.7 Å². The summed E-state index contributed by atoms with van der Waals surface area (Å²) in [6, 6.07) is 0. The van der Waals surface area contributed by atoms with Crippen molar-refractivity contribution in [1.82, 2.24) is 14.7 Å². The quantitative estimate of drug-likeness (QED) is 0.209. The zero-order valence-electron chi connectivity index (χ0n) is 11.9. The first-order chi connectivity index (χ1) is 9.58. The maximum absolute atomic E-state index is 9.18. The fourth-order valence-electron chi connectivity index (χ4n) is 2.67. The van der Waals surface area contributed by atoms with Crippen molar-refractivity contribution >= 4 is 0 Å². The van der Waals surface area contributed by atoms with Gasteiger partial charge in [-0.2, -0.15) is 0 Å². The number of nitrogens with two attached hydrogens (primary N) is 6. The topological polar surface area (TPSA) is 227 Å². The van der Waals surface area contributed by atoms with E-state index in [1.54, 1.807) is 0 Å². The van der Waals surface area contributed by atoms with Crippen LogP contribution >= 0.6 is 0 Å². The molecule has 0 radical (unpaired) electrons. The molecule has 0 amide bonds. The van der Waals surface area contributed by atoms with Gasteiger partial charge in [-0.15, -0.1) is 0 Å². The van der Waals surface area contributed by atoms with Gasteiger partial charge in [0.15, 0.2) is 17.7 Å². The Balaban J connectivity index is 3.35. The first kappa shape index (κ1) is 18.6. The molecule has 1 fully saturated rings. The van der Waals surface area contributed by atoms with Crippen LogP contribution in [0.4, 0.5) is 0 Å². The van der Waals surface area contributed by atoms with Gasteiger partial charge >= 0.3 is 0 Å². The minimum atomic E-state index is -1.82. The van der Waals surface area contributed by atoms with Crippen molar-refractivity contribution < 1.29 is 15.3 Å². The van der Waals surface area contributed by atoms with E-state index in [2.05, 4.69) is 0 Å². The zero-order valence-corrected chi connectivity index (χ0v) is 11.9. The van der Waals surface area contributed by atoms with E-state index in [0.29, 0.717) is 0 Å². The lowest BCUT2D eigenvalue weighted by Crippen LogP contribution is -2.99. The second-order valence-corrected chi connectivity index (χ2v) is 4.97. The average Bonchev–Trinajstić information content (AvgIpc) is 2.36. The highest BCUT2D eigenvalue weighted by Gasteiger charge is 2.61. The molecule has 0 aromatic heterocycles. The summed E-state index contributed by atoms with van der Waals surface area (Å²) >= 11 is 0. The second kappa shape index (κ2) is 6.33. The minimum absolute atomic E-state index is 0.0695. The second-order valence-electron chi connectivity index (χ2n) is 4.97. The predicted molar refractivity (Wildman–Crippen MR) is 74.7 cm³/mol. The van der Waals surface area contributed by atoms with Crippen LogP contribution < -0.4 is 34.4 Å². The van der Waals surface area contributed by atoms with E-state index >= 15 is 0 Å². The first-order valence-electron chi connectivity index (χ1n) is 6.47. The lowest BCUT2D eigenvalue weighted by Gasteiger charge is -2.66. The van der Waals surface area contributed by atoms with Crippen LogP contribution in [0.3, 0.4) is 0 Å². The largest absolute Gasteiger partial charge is 0.395 e. The van der Waals surface area contributed by atoms with Crippen LogP contribution in [0, 0.1) is 0 Å². The van der Waals surface area contributed by atoms with Gasteiger partial charge in [-0.25, -0.2) is 14.7 Å². The molecule has 1 heterocycles. The van der Waals surface area contributed by atoms with Gasteiger partial charge in [-0.3, -0.25) is 34.4 Å². The highest BCUT2D eigenvalue weighted by molar-refractivity contribution is 5.01. The summed E-state index contributed by atoms with van der Waals surface area (Å²) in [5.74, 6) is -5.45. The third kappa shape index (κ3) is 3.02. The first-order valence-corrected chi connectivity index (χ1v) is 6.47. The molecule has 0 aromatic carbocycles. The van der Waals surface area contributed by atoms with Gasteiger partial charge in [0, 0.05) is 19.6 Å². The van der Waals surface area contributed by atoms with E-state index in [-0.39, 0.29) is 39.5 Å². The molecule has 12 heteroatoms. The van der Waals surface area contributed by atoms with Gasteiger partial charge in [-0.1, -0.05) is 0 Å². The van der Waals surface area contributed by atoms with Crippen LogP contribution in [0.15, 0.2) is 0 Å². The smallest absolute Gasteiger partial charge is 0.188 e. The van der Waals surface area contributed by atoms with Crippen molar-refractivity contribution in [1.29, 1.82) is 0 Å². The molecule has 0 aromatic rings. The Labute approximate surface area is 122 Å². The van der Waals surface area contributed by atoms with Crippen LogP contribution in [-0.4, -0.2) is 87.2 Å². The van der Waals surface area contributed by atoms with Crippen molar-refractivity contribution in [2.24, 2.45) is 34.4 Å². The molecule has 0 spiro atoms. The maximum atomic E-state index is 9.18. The summed E-state index contributed by atoms with van der Waals surface area (Å²) in [4.78, 5) is 3.55. The van der Waals surface area contributed by atoms with E-state index < -0.39 is 17.7 Å². The Morgan fingerprint density at radius 3 is 0.857 bits per heavy atom. The number of aliphatic hydroxyl groups is 3. The van der Waals surface area contributed by atoms with Gasteiger partial charge in [0.05, 0.1) is 19.8 Å². The molecule has 0 saturated carbocycles. The molecule has 12 nitrogen and oxygen atoms in total. The number of β-amino-alcohol motifs (C(OH)–C–C–N with tert-alkyl or cyclic N) is 3. The number of nitrogens with zero attached hydrogens (tertiary/aromatic N) is 3. The Kier molecular flexibility index (Phi) is 5.60. The molecular weight excluding hydrogens is 282 g/mol. The maximum Gasteiger partial charge on any atom is 0.188 e. The molecule has 0 unspecified atom stereocenters. The number of rotatable bonds is 6. The molecule has 15 N–H and O–H groups in total. The van der Waals surface area contributed by atoms with Crippen molar-refractivity contribution in [2.45, 2.75) is 17.7 Å². The molecule has 1 saturated heterocycles. The zero-order chi connectivity index (χ0) is 16.5. The Morgan fingerprint density at radius 2 is 0.714 bits per heavy atom. The lowest BCUT2D eigenvalue weighted by atomic mass is 10.2. The van der Waals surface area contributed by atoms with Crippen LogP contribution in [0.25, 0.3) is 0 Å². The molecular formula is C9H27N9O3. The molecule has 0 aliphatic carbocycles. The standard InChI is InChI=1S/C9H27N9O3/c10-7(11)16(1-4-19)8(12,13)18(3-6-21)9(14,15)17(7)2-5-20/h19-21H,1-6,10-15H2. The van der Waals surface area contributed by atoms with E-state index in [1.807, 2.05) is 0 Å². The van der Waals surface area contributed by atoms with Crippen molar-refractivity contribution in [3.63, 3.8) is 0 Å². The molecule has 0 bridgehead atoms. The Hall–Kier alpha value is -0.480. The van der Waals surface area contributed by atoms with Crippen molar-refractivity contribution in [2.75, 3.05) is 39.5 Å². The summed E-state index contributed by atoms with van der Waals surface area (Å²) < 4.78 is 0. The number of hydrogen-bond acceptors (Lipinski definition) is 12. The van der Waals surface area contributed by atoms with Crippen LogP contribution in [-0.2, 0) is 0 Å². The number of aliphatic hydroxyl groups excluding tert-OH is 3. The highest BCUT2D eigenvalue weighted by Crippen LogP contribution is 2.30. The van der Waals surface area contributed by atoms with Gasteiger partial charge < -0.3 is 15.3 Å². The molecule has 126 valence electrons. The number of hydrogen-bond donors (Lipinski definition) is 9. The third-order valence-electron chi connectivity index (χ3n) is 3.57. The van der Waals surface area contributed by atoms with Crippen LogP contribution in [0.1, 0.15) is 0 Å². The van der Waals surface area contributed by atoms with E-state index in [0.717, 1.165) is 0 Å². The van der Waals surface area contributed by atoms with Crippen LogP contribution in [0.5, 0.6) is 0 Å². The van der Waals surface area contributed by atoms with Gasteiger partial charge in [0.25, 0.3) is 0 Å². The Morgan fingerprint density at radius 1 is 0.524 bits per heavy atom. The fraction of sp³-hybridized carbons (Fsp3) is 1.00. The molecule has 1 aliphatic heterocycles. The monoisotopic (exact) mass is 309 g/mol.